The summed E-state index contributed by atoms with van der Waals surface area (Å²) in [6.45, 7) is 25.8. The fourth-order valence-electron chi connectivity index (χ4n) is 4.22. The number of nitrogens with one attached hydrogen (secondary N) is 1. The number of hydrogen-bond donors (Lipinski definition) is 4. The number of hydrogen-bond acceptors (Lipinski definition) is 7. The zero-order valence-electron chi connectivity index (χ0n) is 28.3. The zero-order chi connectivity index (χ0) is 34.2. The van der Waals surface area contributed by atoms with Gasteiger partial charge in [0.25, 0.3) is 12.5 Å². The number of primary amides is 2. The topological polar surface area (TPSA) is 194 Å². The molecule has 0 saturated carbocycles. The number of rotatable bonds is 6. The van der Waals surface area contributed by atoms with Crippen LogP contribution in [0.25, 0.3) is 4.85 Å². The van der Waals surface area contributed by atoms with Crippen molar-refractivity contribution in [3.63, 3.8) is 0 Å². The number of nitrogens with zero attached hydrogens (tertiary/aromatic N) is 8. The monoisotopic (exact) mass is 610 g/mol. The van der Waals surface area contributed by atoms with Crippen LogP contribution in [0.15, 0.2) is 23.6 Å². The first-order chi connectivity index (χ1) is 20.0. The number of imidazole rings is 3. The summed E-state index contributed by atoms with van der Waals surface area (Å²) in [5.41, 5.74) is 19.0. The maximum absolute atomic E-state index is 10.9. The first kappa shape index (κ1) is 37.4. The lowest BCUT2D eigenvalue weighted by Crippen LogP contribution is -2.24. The van der Waals surface area contributed by atoms with Crippen LogP contribution in [0.5, 0.6) is 0 Å². The summed E-state index contributed by atoms with van der Waals surface area (Å²) in [4.78, 5) is 41.2. The minimum absolute atomic E-state index is 0.0179. The van der Waals surface area contributed by atoms with Crippen molar-refractivity contribution < 1.29 is 9.59 Å². The number of amides is 2. The van der Waals surface area contributed by atoms with Gasteiger partial charge in [0.15, 0.2) is 11.7 Å². The highest BCUT2D eigenvalue weighted by molar-refractivity contribution is 5.89. The number of amidine groups is 1. The van der Waals surface area contributed by atoms with Crippen LogP contribution < -0.4 is 22.5 Å². The van der Waals surface area contributed by atoms with Gasteiger partial charge in [-0.2, -0.15) is 4.99 Å². The van der Waals surface area contributed by atoms with Gasteiger partial charge in [0.1, 0.15) is 0 Å². The number of aromatic nitrogens is 6. The van der Waals surface area contributed by atoms with Gasteiger partial charge in [-0.05, 0) is 0 Å². The van der Waals surface area contributed by atoms with E-state index in [1.807, 2.05) is 29.4 Å². The minimum Gasteiger partial charge on any atom is -0.381 e. The molecule has 14 nitrogen and oxygen atoms in total. The Labute approximate surface area is 261 Å². The third-order valence-electron chi connectivity index (χ3n) is 6.37. The molecule has 0 aliphatic carbocycles. The van der Waals surface area contributed by atoms with Crippen LogP contribution in [0, 0.1) is 6.57 Å². The number of nitrogens with two attached hydrogens (primary N) is 3. The summed E-state index contributed by atoms with van der Waals surface area (Å²) in [6.07, 6.45) is 5.30. The van der Waals surface area contributed by atoms with Crippen molar-refractivity contribution in [2.45, 2.75) is 78.6 Å². The van der Waals surface area contributed by atoms with Crippen molar-refractivity contribution in [3.05, 3.63) is 52.9 Å². The average molecular weight is 611 g/mol. The number of aliphatic imine (C=N–C) groups is 1. The zero-order valence-corrected chi connectivity index (χ0v) is 28.3. The average Bonchev–Trinajstić information content (AvgIpc) is 3.54. The van der Waals surface area contributed by atoms with Crippen molar-refractivity contribution >= 4 is 29.5 Å². The van der Waals surface area contributed by atoms with E-state index in [1.165, 1.54) is 0 Å². The van der Waals surface area contributed by atoms with Crippen molar-refractivity contribution in [1.82, 2.24) is 28.7 Å². The van der Waals surface area contributed by atoms with Crippen molar-refractivity contribution in [2.24, 2.45) is 43.3 Å². The minimum atomic E-state index is -0.488. The van der Waals surface area contributed by atoms with E-state index in [4.69, 9.17) is 23.8 Å². The molecule has 3 rings (SSSR count). The molecular weight excluding hydrogens is 560 g/mol. The second-order valence-electron chi connectivity index (χ2n) is 13.4. The summed E-state index contributed by atoms with van der Waals surface area (Å²) in [7, 11) is 5.61. The first-order valence-corrected chi connectivity index (χ1v) is 14.1. The molecular formula is C30H50N12O2. The van der Waals surface area contributed by atoms with E-state index >= 15 is 0 Å². The van der Waals surface area contributed by atoms with Gasteiger partial charge < -0.3 is 41.1 Å². The lowest BCUT2D eigenvalue weighted by atomic mass is 9.93. The Hall–Kier alpha value is -4.67. The van der Waals surface area contributed by atoms with Gasteiger partial charge >= 0.3 is 0 Å². The smallest absolute Gasteiger partial charge is 0.284 e. The van der Waals surface area contributed by atoms with Gasteiger partial charge in [0.2, 0.25) is 17.8 Å². The Morgan fingerprint density at radius 2 is 1.25 bits per heavy atom. The number of carbonyl (C=O) groups excluding carboxylic acids is 2. The van der Waals surface area contributed by atoms with Crippen LogP contribution in [0.4, 0.5) is 11.9 Å². The molecule has 0 atom stereocenters. The Morgan fingerprint density at radius 1 is 0.795 bits per heavy atom. The third-order valence-corrected chi connectivity index (χ3v) is 6.37. The first-order valence-electron chi connectivity index (χ1n) is 14.1. The number of anilines is 1. The maximum atomic E-state index is 10.9. The lowest BCUT2D eigenvalue weighted by Gasteiger charge is -2.19. The predicted octanol–water partition coefficient (Wildman–Crippen LogP) is 3.06. The van der Waals surface area contributed by atoms with Crippen molar-refractivity contribution in [1.29, 1.82) is 0 Å². The molecule has 0 spiro atoms. The van der Waals surface area contributed by atoms with E-state index in [-0.39, 0.29) is 29.3 Å². The highest BCUT2D eigenvalue weighted by Gasteiger charge is 2.22. The molecule has 3 heterocycles. The van der Waals surface area contributed by atoms with Crippen LogP contribution in [-0.4, -0.2) is 59.4 Å². The summed E-state index contributed by atoms with van der Waals surface area (Å²) in [5, 5.41) is 2.88. The van der Waals surface area contributed by atoms with Gasteiger partial charge in [-0.1, -0.05) is 62.3 Å². The fourth-order valence-corrected chi connectivity index (χ4v) is 4.22. The summed E-state index contributed by atoms with van der Waals surface area (Å²) in [6, 6.07) is 0. The van der Waals surface area contributed by atoms with Crippen LogP contribution in [-0.2, 0) is 42.2 Å². The SMILES string of the molecule is Cn1c(C(C)(C)C)cnc1C(N)=O.Cn1c(C(C)(C)C)cnc1NCC(N)=O.[C-]#[N+]CC(N)=Nc1ncc(C(C)(C)C)n1C. The van der Waals surface area contributed by atoms with E-state index in [2.05, 4.69) is 92.4 Å². The summed E-state index contributed by atoms with van der Waals surface area (Å²) >= 11 is 0. The number of carbonyl (C=O) groups is 2. The molecule has 7 N–H and O–H groups in total. The molecule has 0 aromatic carbocycles. The van der Waals surface area contributed by atoms with Crippen LogP contribution in [0.3, 0.4) is 0 Å². The molecule has 44 heavy (non-hydrogen) atoms. The van der Waals surface area contributed by atoms with Gasteiger partial charge in [-0.3, -0.25) is 9.59 Å². The van der Waals surface area contributed by atoms with Crippen molar-refractivity contribution in [3.8, 4) is 0 Å². The van der Waals surface area contributed by atoms with E-state index in [1.54, 1.807) is 24.0 Å². The lowest BCUT2D eigenvalue weighted by molar-refractivity contribution is -0.116. The molecule has 0 radical (unpaired) electrons. The van der Waals surface area contributed by atoms with E-state index in [0.717, 1.165) is 17.1 Å². The molecule has 0 aliphatic rings. The largest absolute Gasteiger partial charge is 0.381 e. The molecule has 0 unspecified atom stereocenters. The van der Waals surface area contributed by atoms with Crippen LogP contribution in [0.1, 0.15) is 90.0 Å². The Morgan fingerprint density at radius 3 is 1.61 bits per heavy atom. The summed E-state index contributed by atoms with van der Waals surface area (Å²) in [5.74, 6) is 0.937. The molecule has 242 valence electrons. The van der Waals surface area contributed by atoms with Gasteiger partial charge in [0.05, 0.1) is 18.9 Å². The maximum Gasteiger partial charge on any atom is 0.284 e. The van der Waals surface area contributed by atoms with Crippen LogP contribution >= 0.6 is 0 Å². The molecule has 0 bridgehead atoms. The van der Waals surface area contributed by atoms with E-state index in [9.17, 15) is 9.59 Å². The predicted molar refractivity (Wildman–Crippen MR) is 175 cm³/mol. The van der Waals surface area contributed by atoms with Gasteiger partial charge in [-0.25, -0.2) is 21.5 Å². The van der Waals surface area contributed by atoms with Gasteiger partial charge in [-0.15, -0.1) is 0 Å². The Balaban J connectivity index is 0.000000332. The Bertz CT molecular complexity index is 1500. The molecule has 3 aromatic rings. The normalized spacial score (nSPS) is 11.9. The second-order valence-corrected chi connectivity index (χ2v) is 13.4. The highest BCUT2D eigenvalue weighted by Crippen LogP contribution is 2.25. The molecule has 0 saturated heterocycles. The molecule has 0 fully saturated rings. The van der Waals surface area contributed by atoms with Gasteiger partial charge in [0, 0.05) is 60.7 Å². The Kier molecular flexibility index (Phi) is 12.5. The molecule has 14 heteroatoms. The molecule has 0 aliphatic heterocycles. The van der Waals surface area contributed by atoms with Crippen LogP contribution in [0.2, 0.25) is 0 Å². The summed E-state index contributed by atoms with van der Waals surface area (Å²) < 4.78 is 5.57. The third kappa shape index (κ3) is 10.6. The second kappa shape index (κ2) is 14.7. The quantitative estimate of drug-likeness (QED) is 0.187. The molecule has 3 aromatic heterocycles. The van der Waals surface area contributed by atoms with E-state index < -0.39 is 11.8 Å². The van der Waals surface area contributed by atoms with E-state index in [0.29, 0.717) is 23.6 Å². The standard InChI is InChI=1S/C11H17N5.C10H18N4O.C9H15N3O/c1-11(2,3)8-6-14-10(16(8)5)15-9(12)7-13-4;1-10(2,3)7-5-12-9(14(7)4)13-6-8(11)15;1-9(2,3)6-5-11-8(7(10)13)12(6)4/h6H,7H2,1-3,5H3,(H2,12,14,15);5H,6H2,1-4H3,(H2,11,15)(H,12,13);5H,1-4H3,(H2,10,13). The molecule has 2 amide bonds. The van der Waals surface area contributed by atoms with Crippen molar-refractivity contribution in [2.75, 3.05) is 18.4 Å². The fraction of sp³-hybridized carbons (Fsp3) is 0.567. The highest BCUT2D eigenvalue weighted by atomic mass is 16.1.